The highest BCUT2D eigenvalue weighted by Crippen LogP contribution is 2.37. The molecule has 4 nitrogen and oxygen atoms in total. The van der Waals surface area contributed by atoms with Crippen molar-refractivity contribution in [1.29, 1.82) is 5.26 Å². The van der Waals surface area contributed by atoms with Gasteiger partial charge in [-0.05, 0) is 37.5 Å². The Labute approximate surface area is 120 Å². The van der Waals surface area contributed by atoms with Gasteiger partial charge >= 0.3 is 0 Å². The molecule has 1 aliphatic carbocycles. The van der Waals surface area contributed by atoms with Gasteiger partial charge < -0.3 is 11.1 Å². The maximum atomic E-state index is 12.5. The van der Waals surface area contributed by atoms with E-state index in [0.29, 0.717) is 12.1 Å². The van der Waals surface area contributed by atoms with Gasteiger partial charge in [0, 0.05) is 6.54 Å². The molecule has 1 aromatic rings. The summed E-state index contributed by atoms with van der Waals surface area (Å²) in [4.78, 5) is 12.5. The van der Waals surface area contributed by atoms with E-state index in [1.54, 1.807) is 12.1 Å². The van der Waals surface area contributed by atoms with Gasteiger partial charge in [-0.15, -0.1) is 0 Å². The predicted molar refractivity (Wildman–Crippen MR) is 77.7 cm³/mol. The van der Waals surface area contributed by atoms with E-state index in [4.69, 9.17) is 11.0 Å². The minimum absolute atomic E-state index is 0.0642. The molecule has 1 atom stereocenters. The quantitative estimate of drug-likeness (QED) is 0.881. The number of benzene rings is 1. The molecule has 1 fully saturated rings. The van der Waals surface area contributed by atoms with Crippen LogP contribution in [0.3, 0.4) is 0 Å². The third-order valence-corrected chi connectivity index (χ3v) is 4.32. The van der Waals surface area contributed by atoms with E-state index in [1.807, 2.05) is 19.1 Å². The van der Waals surface area contributed by atoms with Crippen LogP contribution in [0.2, 0.25) is 0 Å². The number of carbonyl (C=O) groups is 1. The van der Waals surface area contributed by atoms with Gasteiger partial charge in [-0.2, -0.15) is 5.26 Å². The predicted octanol–water partition coefficient (Wildman–Crippen LogP) is 2.25. The van der Waals surface area contributed by atoms with E-state index in [1.165, 1.54) is 0 Å². The number of carbonyl (C=O) groups excluding carboxylic acids is 1. The van der Waals surface area contributed by atoms with Crippen LogP contribution in [0.15, 0.2) is 24.3 Å². The number of nitriles is 1. The van der Waals surface area contributed by atoms with Crippen molar-refractivity contribution in [3.8, 4) is 6.07 Å². The van der Waals surface area contributed by atoms with E-state index < -0.39 is 0 Å². The van der Waals surface area contributed by atoms with Crippen molar-refractivity contribution >= 4 is 5.91 Å². The van der Waals surface area contributed by atoms with Crippen LogP contribution < -0.4 is 11.1 Å². The Morgan fingerprint density at radius 3 is 2.50 bits per heavy atom. The molecule has 0 aliphatic heterocycles. The maximum Gasteiger partial charge on any atom is 0.227 e. The van der Waals surface area contributed by atoms with Crippen molar-refractivity contribution in [2.24, 2.45) is 11.1 Å². The monoisotopic (exact) mass is 271 g/mol. The van der Waals surface area contributed by atoms with E-state index in [2.05, 4.69) is 11.4 Å². The zero-order valence-electron chi connectivity index (χ0n) is 11.9. The second-order valence-electron chi connectivity index (χ2n) is 5.62. The molecule has 0 spiro atoms. The highest BCUT2D eigenvalue weighted by molar-refractivity contribution is 5.83. The summed E-state index contributed by atoms with van der Waals surface area (Å²) in [6.45, 7) is 2.37. The van der Waals surface area contributed by atoms with Crippen LogP contribution in [0.5, 0.6) is 0 Å². The molecule has 1 saturated carbocycles. The molecule has 0 heterocycles. The van der Waals surface area contributed by atoms with Crippen molar-refractivity contribution in [3.05, 3.63) is 35.4 Å². The van der Waals surface area contributed by atoms with Crippen LogP contribution >= 0.6 is 0 Å². The van der Waals surface area contributed by atoms with Crippen molar-refractivity contribution in [3.63, 3.8) is 0 Å². The lowest BCUT2D eigenvalue weighted by atomic mass is 9.85. The first kappa shape index (κ1) is 14.5. The summed E-state index contributed by atoms with van der Waals surface area (Å²) >= 11 is 0. The molecule has 1 aliphatic rings. The summed E-state index contributed by atoms with van der Waals surface area (Å²) < 4.78 is 0. The largest absolute Gasteiger partial charge is 0.349 e. The molecule has 0 aromatic heterocycles. The van der Waals surface area contributed by atoms with Crippen LogP contribution in [0.1, 0.15) is 49.8 Å². The Hall–Kier alpha value is -1.86. The number of nitrogens with two attached hydrogens (primary N) is 1. The topological polar surface area (TPSA) is 78.9 Å². The van der Waals surface area contributed by atoms with Gasteiger partial charge in [-0.25, -0.2) is 0 Å². The fourth-order valence-electron chi connectivity index (χ4n) is 2.86. The molecule has 0 bridgehead atoms. The second kappa shape index (κ2) is 6.06. The highest BCUT2D eigenvalue weighted by Gasteiger charge is 2.40. The van der Waals surface area contributed by atoms with Crippen molar-refractivity contribution in [1.82, 2.24) is 5.32 Å². The van der Waals surface area contributed by atoms with E-state index in [0.717, 1.165) is 31.2 Å². The summed E-state index contributed by atoms with van der Waals surface area (Å²) in [6.07, 6.45) is 3.93. The first-order valence-corrected chi connectivity index (χ1v) is 7.12. The van der Waals surface area contributed by atoms with Crippen LogP contribution in [-0.2, 0) is 4.79 Å². The third-order valence-electron chi connectivity index (χ3n) is 4.32. The van der Waals surface area contributed by atoms with Crippen LogP contribution in [0.25, 0.3) is 0 Å². The summed E-state index contributed by atoms with van der Waals surface area (Å²) in [5.74, 6) is 0.0642. The molecule has 1 aromatic carbocycles. The lowest BCUT2D eigenvalue weighted by Crippen LogP contribution is -2.44. The number of hydrogen-bond donors (Lipinski definition) is 2. The first-order valence-electron chi connectivity index (χ1n) is 7.12. The molecule has 4 heteroatoms. The number of amides is 1. The highest BCUT2D eigenvalue weighted by atomic mass is 16.2. The standard InChI is InChI=1S/C16H21N3O/c1-12(14-6-4-13(10-17)5-7-14)19-15(20)16(11-18)8-2-3-9-16/h4-7,12H,2-3,8-9,11,18H2,1H3,(H,19,20). The zero-order valence-corrected chi connectivity index (χ0v) is 11.9. The van der Waals surface area contributed by atoms with Crippen molar-refractivity contribution in [2.45, 2.75) is 38.6 Å². The van der Waals surface area contributed by atoms with Gasteiger partial charge in [0.15, 0.2) is 0 Å². The van der Waals surface area contributed by atoms with Crippen LogP contribution in [0.4, 0.5) is 0 Å². The molecule has 0 saturated heterocycles. The van der Waals surface area contributed by atoms with E-state index in [9.17, 15) is 4.79 Å². The molecule has 20 heavy (non-hydrogen) atoms. The zero-order chi connectivity index (χ0) is 14.6. The lowest BCUT2D eigenvalue weighted by Gasteiger charge is -2.28. The maximum absolute atomic E-state index is 12.5. The Morgan fingerprint density at radius 2 is 2.00 bits per heavy atom. The third kappa shape index (κ3) is 2.83. The van der Waals surface area contributed by atoms with Gasteiger partial charge in [0.2, 0.25) is 5.91 Å². The van der Waals surface area contributed by atoms with E-state index >= 15 is 0 Å². The van der Waals surface area contributed by atoms with Crippen molar-refractivity contribution in [2.75, 3.05) is 6.54 Å². The Morgan fingerprint density at radius 1 is 1.40 bits per heavy atom. The molecule has 1 unspecified atom stereocenters. The minimum Gasteiger partial charge on any atom is -0.349 e. The van der Waals surface area contributed by atoms with Crippen LogP contribution in [-0.4, -0.2) is 12.5 Å². The number of nitrogens with one attached hydrogen (secondary N) is 1. The van der Waals surface area contributed by atoms with Gasteiger partial charge in [0.05, 0.1) is 23.1 Å². The van der Waals surface area contributed by atoms with Crippen molar-refractivity contribution < 1.29 is 4.79 Å². The molecular weight excluding hydrogens is 250 g/mol. The SMILES string of the molecule is CC(NC(=O)C1(CN)CCCC1)c1ccc(C#N)cc1. The summed E-state index contributed by atoms with van der Waals surface area (Å²) in [6, 6.07) is 9.32. The Bertz CT molecular complexity index is 510. The number of nitrogens with zero attached hydrogens (tertiary/aromatic N) is 1. The molecule has 0 radical (unpaired) electrons. The molecule has 2 rings (SSSR count). The molecule has 106 valence electrons. The van der Waals surface area contributed by atoms with E-state index in [-0.39, 0.29) is 17.4 Å². The number of hydrogen-bond acceptors (Lipinski definition) is 3. The normalized spacial score (nSPS) is 18.2. The molecule has 1 amide bonds. The Kier molecular flexibility index (Phi) is 4.41. The average molecular weight is 271 g/mol. The lowest BCUT2D eigenvalue weighted by molar-refractivity contribution is -0.131. The summed E-state index contributed by atoms with van der Waals surface area (Å²) in [7, 11) is 0. The fraction of sp³-hybridized carbons (Fsp3) is 0.500. The number of rotatable bonds is 4. The summed E-state index contributed by atoms with van der Waals surface area (Å²) in [5.41, 5.74) is 7.08. The molecular formula is C16H21N3O. The second-order valence-corrected chi connectivity index (χ2v) is 5.62. The van der Waals surface area contributed by atoms with Gasteiger partial charge in [-0.1, -0.05) is 25.0 Å². The summed E-state index contributed by atoms with van der Waals surface area (Å²) in [5, 5.41) is 11.9. The Balaban J connectivity index is 2.05. The van der Waals surface area contributed by atoms with Crippen LogP contribution in [0, 0.1) is 16.7 Å². The smallest absolute Gasteiger partial charge is 0.227 e. The fourth-order valence-corrected chi connectivity index (χ4v) is 2.86. The molecule has 3 N–H and O–H groups in total. The van der Waals surface area contributed by atoms with Gasteiger partial charge in [0.25, 0.3) is 0 Å². The van der Waals surface area contributed by atoms with Gasteiger partial charge in [-0.3, -0.25) is 4.79 Å². The first-order chi connectivity index (χ1) is 9.61. The van der Waals surface area contributed by atoms with Gasteiger partial charge in [0.1, 0.15) is 0 Å². The average Bonchev–Trinajstić information content (AvgIpc) is 2.97. The minimum atomic E-state index is -0.374.